The molecule has 0 heterocycles. The Morgan fingerprint density at radius 3 is 2.92 bits per heavy atom. The predicted molar refractivity (Wildman–Crippen MR) is 96.2 cm³/mol. The average molecular weight is 341 g/mol. The fourth-order valence-electron chi connectivity index (χ4n) is 3.17. The van der Waals surface area contributed by atoms with E-state index in [4.69, 9.17) is 9.47 Å². The van der Waals surface area contributed by atoms with E-state index in [1.54, 1.807) is 7.11 Å². The summed E-state index contributed by atoms with van der Waals surface area (Å²) in [6.07, 6.45) is 2.10. The molecule has 5 nitrogen and oxygen atoms in total. The molecular weight excluding hydrogens is 318 g/mol. The number of aliphatic hydroxyl groups is 1. The SMILES string of the molecule is COc1ccc(C)cc1NC(=O)COc1cccc2c1CCC[C@H]2O. The molecule has 0 fully saturated rings. The van der Waals surface area contributed by atoms with Crippen molar-refractivity contribution in [2.75, 3.05) is 19.0 Å². The van der Waals surface area contributed by atoms with E-state index in [1.165, 1.54) is 0 Å². The van der Waals surface area contributed by atoms with E-state index in [1.807, 2.05) is 43.3 Å². The number of benzene rings is 2. The zero-order chi connectivity index (χ0) is 17.8. The predicted octanol–water partition coefficient (Wildman–Crippen LogP) is 3.39. The molecule has 1 amide bonds. The Labute approximate surface area is 147 Å². The van der Waals surface area contributed by atoms with Crippen LogP contribution in [0, 0.1) is 6.92 Å². The van der Waals surface area contributed by atoms with Crippen LogP contribution < -0.4 is 14.8 Å². The smallest absolute Gasteiger partial charge is 0.262 e. The maximum atomic E-state index is 12.3. The number of anilines is 1. The molecule has 0 spiro atoms. The third-order valence-corrected chi connectivity index (χ3v) is 4.42. The van der Waals surface area contributed by atoms with Crippen molar-refractivity contribution in [3.05, 3.63) is 53.1 Å². The molecule has 0 unspecified atom stereocenters. The van der Waals surface area contributed by atoms with Crippen LogP contribution in [0.15, 0.2) is 36.4 Å². The van der Waals surface area contributed by atoms with Crippen LogP contribution in [0.5, 0.6) is 11.5 Å². The first-order valence-electron chi connectivity index (χ1n) is 8.45. The lowest BCUT2D eigenvalue weighted by Crippen LogP contribution is -2.21. The van der Waals surface area contributed by atoms with Crippen LogP contribution in [0.25, 0.3) is 0 Å². The van der Waals surface area contributed by atoms with E-state index >= 15 is 0 Å². The van der Waals surface area contributed by atoms with Gasteiger partial charge < -0.3 is 19.9 Å². The van der Waals surface area contributed by atoms with Gasteiger partial charge in [-0.3, -0.25) is 4.79 Å². The van der Waals surface area contributed by atoms with Crippen molar-refractivity contribution in [2.45, 2.75) is 32.3 Å². The van der Waals surface area contributed by atoms with E-state index in [-0.39, 0.29) is 12.5 Å². The molecule has 2 aromatic rings. The van der Waals surface area contributed by atoms with Crippen LogP contribution in [0.3, 0.4) is 0 Å². The summed E-state index contributed by atoms with van der Waals surface area (Å²) in [5.41, 5.74) is 3.57. The number of hydrogen-bond acceptors (Lipinski definition) is 4. The van der Waals surface area contributed by atoms with Gasteiger partial charge in [0.1, 0.15) is 11.5 Å². The molecule has 1 atom stereocenters. The lowest BCUT2D eigenvalue weighted by molar-refractivity contribution is -0.118. The van der Waals surface area contributed by atoms with Crippen molar-refractivity contribution in [2.24, 2.45) is 0 Å². The minimum absolute atomic E-state index is 0.0936. The molecular formula is C20H23NO4. The number of hydrogen-bond donors (Lipinski definition) is 2. The quantitative estimate of drug-likeness (QED) is 0.875. The van der Waals surface area contributed by atoms with Gasteiger partial charge >= 0.3 is 0 Å². The van der Waals surface area contributed by atoms with Crippen molar-refractivity contribution in [1.29, 1.82) is 0 Å². The first-order chi connectivity index (χ1) is 12.1. The Bertz CT molecular complexity index is 772. The Kier molecular flexibility index (Phi) is 5.24. The van der Waals surface area contributed by atoms with Gasteiger partial charge in [-0.05, 0) is 61.1 Å². The number of fused-ring (bicyclic) bond motifs is 1. The van der Waals surface area contributed by atoms with Gasteiger partial charge in [0.25, 0.3) is 5.91 Å². The van der Waals surface area contributed by atoms with Gasteiger partial charge in [0.15, 0.2) is 6.61 Å². The van der Waals surface area contributed by atoms with Crippen LogP contribution in [-0.4, -0.2) is 24.7 Å². The number of aliphatic hydroxyl groups excluding tert-OH is 1. The van der Waals surface area contributed by atoms with Crippen LogP contribution in [0.4, 0.5) is 5.69 Å². The van der Waals surface area contributed by atoms with Gasteiger partial charge in [0.2, 0.25) is 0 Å². The number of amides is 1. The number of aryl methyl sites for hydroxylation is 1. The van der Waals surface area contributed by atoms with Crippen LogP contribution in [-0.2, 0) is 11.2 Å². The molecule has 0 saturated heterocycles. The van der Waals surface area contributed by atoms with Crippen molar-refractivity contribution < 1.29 is 19.4 Å². The molecule has 0 saturated carbocycles. The van der Waals surface area contributed by atoms with Gasteiger partial charge in [0, 0.05) is 0 Å². The molecule has 1 aliphatic rings. The lowest BCUT2D eigenvalue weighted by atomic mass is 9.89. The highest BCUT2D eigenvalue weighted by molar-refractivity contribution is 5.93. The highest BCUT2D eigenvalue weighted by Crippen LogP contribution is 2.35. The lowest BCUT2D eigenvalue weighted by Gasteiger charge is -2.23. The second-order valence-electron chi connectivity index (χ2n) is 6.27. The molecule has 0 aromatic heterocycles. The molecule has 1 aliphatic carbocycles. The second kappa shape index (κ2) is 7.57. The van der Waals surface area contributed by atoms with Crippen molar-refractivity contribution in [3.63, 3.8) is 0 Å². The Morgan fingerprint density at radius 2 is 2.12 bits per heavy atom. The highest BCUT2D eigenvalue weighted by atomic mass is 16.5. The molecule has 25 heavy (non-hydrogen) atoms. The maximum absolute atomic E-state index is 12.3. The number of carbonyl (C=O) groups excluding carboxylic acids is 1. The summed E-state index contributed by atoms with van der Waals surface area (Å²) in [6, 6.07) is 11.2. The van der Waals surface area contributed by atoms with E-state index in [0.717, 1.165) is 36.0 Å². The molecule has 2 aromatic carbocycles. The standard InChI is InChI=1S/C20H23NO4/c1-13-9-10-19(24-2)16(11-13)21-20(23)12-25-18-8-4-5-14-15(18)6-3-7-17(14)22/h4-5,8-11,17,22H,3,6-7,12H2,1-2H3,(H,21,23)/t17-/m1/s1. The second-order valence-corrected chi connectivity index (χ2v) is 6.27. The van der Waals surface area contributed by atoms with Crippen LogP contribution in [0.1, 0.15) is 35.6 Å². The van der Waals surface area contributed by atoms with Gasteiger partial charge in [-0.2, -0.15) is 0 Å². The summed E-state index contributed by atoms with van der Waals surface area (Å²) in [7, 11) is 1.57. The summed E-state index contributed by atoms with van der Waals surface area (Å²) >= 11 is 0. The van der Waals surface area contributed by atoms with Crippen LogP contribution >= 0.6 is 0 Å². The van der Waals surface area contributed by atoms with E-state index in [0.29, 0.717) is 17.2 Å². The molecule has 132 valence electrons. The fraction of sp³-hybridized carbons (Fsp3) is 0.350. The van der Waals surface area contributed by atoms with E-state index in [9.17, 15) is 9.90 Å². The maximum Gasteiger partial charge on any atom is 0.262 e. The Morgan fingerprint density at radius 1 is 1.28 bits per heavy atom. The van der Waals surface area contributed by atoms with Gasteiger partial charge in [-0.15, -0.1) is 0 Å². The average Bonchev–Trinajstić information content (AvgIpc) is 2.60. The molecule has 0 radical (unpaired) electrons. The monoisotopic (exact) mass is 341 g/mol. The van der Waals surface area contributed by atoms with E-state index < -0.39 is 6.10 Å². The zero-order valence-corrected chi connectivity index (χ0v) is 14.5. The number of carbonyl (C=O) groups is 1. The summed E-state index contributed by atoms with van der Waals surface area (Å²) < 4.78 is 11.0. The Balaban J connectivity index is 1.68. The van der Waals surface area contributed by atoms with E-state index in [2.05, 4.69) is 5.32 Å². The number of nitrogens with one attached hydrogen (secondary N) is 1. The summed E-state index contributed by atoms with van der Waals surface area (Å²) in [4.78, 5) is 12.3. The van der Waals surface area contributed by atoms with Crippen molar-refractivity contribution in [3.8, 4) is 11.5 Å². The zero-order valence-electron chi connectivity index (χ0n) is 14.5. The first-order valence-corrected chi connectivity index (χ1v) is 8.45. The largest absolute Gasteiger partial charge is 0.495 e. The molecule has 0 bridgehead atoms. The molecule has 3 rings (SSSR count). The minimum atomic E-state index is -0.447. The summed E-state index contributed by atoms with van der Waals surface area (Å²) in [6.45, 7) is 1.86. The molecule has 5 heteroatoms. The normalized spacial score (nSPS) is 16.0. The minimum Gasteiger partial charge on any atom is -0.495 e. The third kappa shape index (κ3) is 3.94. The van der Waals surface area contributed by atoms with Crippen molar-refractivity contribution in [1.82, 2.24) is 0 Å². The Hall–Kier alpha value is -2.53. The fourth-order valence-corrected chi connectivity index (χ4v) is 3.17. The highest BCUT2D eigenvalue weighted by Gasteiger charge is 2.21. The van der Waals surface area contributed by atoms with Gasteiger partial charge in [-0.25, -0.2) is 0 Å². The van der Waals surface area contributed by atoms with Crippen molar-refractivity contribution >= 4 is 11.6 Å². The summed E-state index contributed by atoms with van der Waals surface area (Å²) in [5, 5.41) is 12.9. The number of methoxy groups -OCH3 is 1. The first kappa shape index (κ1) is 17.3. The number of ether oxygens (including phenoxy) is 2. The van der Waals surface area contributed by atoms with Gasteiger partial charge in [0.05, 0.1) is 18.9 Å². The third-order valence-electron chi connectivity index (χ3n) is 4.42. The molecule has 0 aliphatic heterocycles. The molecule has 2 N–H and O–H groups in total. The van der Waals surface area contributed by atoms with Crippen LogP contribution in [0.2, 0.25) is 0 Å². The number of rotatable bonds is 5. The summed E-state index contributed by atoms with van der Waals surface area (Å²) in [5.74, 6) is 1.03. The van der Waals surface area contributed by atoms with Gasteiger partial charge in [-0.1, -0.05) is 18.2 Å². The topological polar surface area (TPSA) is 67.8 Å².